The topological polar surface area (TPSA) is 187 Å². The van der Waals surface area contributed by atoms with Crippen LogP contribution in [0.25, 0.3) is 0 Å². The lowest BCUT2D eigenvalue weighted by atomic mass is 9.71. The lowest BCUT2D eigenvalue weighted by Gasteiger charge is -2.46. The summed E-state index contributed by atoms with van der Waals surface area (Å²) >= 11 is 0. The van der Waals surface area contributed by atoms with Crippen molar-refractivity contribution in [2.75, 3.05) is 6.61 Å². The Bertz CT molecular complexity index is 1720. The first-order valence-electron chi connectivity index (χ1n) is 19.5. The lowest BCUT2D eigenvalue weighted by molar-refractivity contribution is -0.200. The number of esters is 6. The van der Waals surface area contributed by atoms with Gasteiger partial charge in [0.25, 0.3) is 0 Å². The van der Waals surface area contributed by atoms with Crippen LogP contribution in [0.1, 0.15) is 107 Å². The molecule has 10 atom stereocenters. The van der Waals surface area contributed by atoms with Crippen molar-refractivity contribution in [1.29, 1.82) is 0 Å². The first-order valence-corrected chi connectivity index (χ1v) is 19.5. The highest BCUT2D eigenvalue weighted by atomic mass is 16.6. The largest absolute Gasteiger partial charge is 0.458 e. The second kappa shape index (κ2) is 18.6. The van der Waals surface area contributed by atoms with Gasteiger partial charge in [-0.05, 0) is 51.3 Å². The van der Waals surface area contributed by atoms with Gasteiger partial charge in [-0.15, -0.1) is 0 Å². The molecule has 0 aliphatic heterocycles. The smallest absolute Gasteiger partial charge is 0.338 e. The fourth-order valence-corrected chi connectivity index (χ4v) is 7.79. The monoisotopic (exact) mass is 814 g/mol. The third kappa shape index (κ3) is 11.3. The Kier molecular flexibility index (Phi) is 15.3. The summed E-state index contributed by atoms with van der Waals surface area (Å²) in [4.78, 5) is 79.6. The van der Waals surface area contributed by atoms with Crippen LogP contribution in [0.2, 0.25) is 0 Å². The van der Waals surface area contributed by atoms with Gasteiger partial charge in [-0.25, -0.2) is 4.79 Å². The fraction of sp³-hybridized carbons (Fsp3) is 0.636. The number of hydrogen-bond donors (Lipinski definition) is 1. The van der Waals surface area contributed by atoms with Crippen LogP contribution in [-0.4, -0.2) is 95.4 Å². The molecule has 0 radical (unpaired) electrons. The molecule has 1 aromatic carbocycles. The summed E-state index contributed by atoms with van der Waals surface area (Å²) in [6.45, 7) is 24.2. The van der Waals surface area contributed by atoms with E-state index >= 15 is 0 Å². The summed E-state index contributed by atoms with van der Waals surface area (Å²) in [7, 11) is 0. The van der Waals surface area contributed by atoms with Crippen LogP contribution in [0.15, 0.2) is 54.6 Å². The van der Waals surface area contributed by atoms with E-state index in [4.69, 9.17) is 33.2 Å². The summed E-state index contributed by atoms with van der Waals surface area (Å²) in [6.07, 6.45) is -6.14. The van der Waals surface area contributed by atoms with E-state index in [2.05, 4.69) is 6.58 Å². The SMILES string of the molecule is C=C1[C@H](OC(C)=O)[C@@H](OC(=O)C(C)(C)C)[C@@H](OC(C)=O)C(C)(C)/C=C/[C@H](C)[C@H](OC(=O)c2ccccc2)[C@@]2(O)C[C@@](C)(OC(C)=O)[C@H](OC(C)=O)[C@@H]2[C@H]1OCC(C)C. The van der Waals surface area contributed by atoms with Crippen LogP contribution >= 0.6 is 0 Å². The number of hydrogen-bond acceptors (Lipinski definition) is 14. The quantitative estimate of drug-likeness (QED) is 0.168. The van der Waals surface area contributed by atoms with E-state index in [1.165, 1.54) is 13.8 Å². The second-order valence-corrected chi connectivity index (χ2v) is 17.8. The Morgan fingerprint density at radius 2 is 1.34 bits per heavy atom. The molecule has 1 fully saturated rings. The van der Waals surface area contributed by atoms with Crippen molar-refractivity contribution in [3.8, 4) is 0 Å². The van der Waals surface area contributed by atoms with Crippen LogP contribution in [-0.2, 0) is 57.1 Å². The first-order chi connectivity index (χ1) is 26.6. The van der Waals surface area contributed by atoms with Gasteiger partial charge >= 0.3 is 35.8 Å². The molecule has 1 aromatic rings. The molecule has 322 valence electrons. The highest BCUT2D eigenvalue weighted by molar-refractivity contribution is 5.89. The van der Waals surface area contributed by atoms with Gasteiger partial charge < -0.3 is 38.3 Å². The molecule has 0 amide bonds. The van der Waals surface area contributed by atoms with Gasteiger partial charge in [0.2, 0.25) is 0 Å². The minimum atomic E-state index is -2.26. The van der Waals surface area contributed by atoms with E-state index in [-0.39, 0.29) is 23.7 Å². The molecule has 58 heavy (non-hydrogen) atoms. The van der Waals surface area contributed by atoms with Crippen molar-refractivity contribution in [2.45, 2.75) is 144 Å². The molecule has 1 saturated carbocycles. The highest BCUT2D eigenvalue weighted by Crippen LogP contribution is 2.54. The Labute approximate surface area is 341 Å². The predicted octanol–water partition coefficient (Wildman–Crippen LogP) is 5.87. The van der Waals surface area contributed by atoms with Crippen molar-refractivity contribution in [2.24, 2.45) is 28.6 Å². The number of carbonyl (C=O) groups excluding carboxylic acids is 6. The second-order valence-electron chi connectivity index (χ2n) is 17.8. The van der Waals surface area contributed by atoms with E-state index < -0.39 is 113 Å². The molecule has 2 aliphatic carbocycles. The predicted molar refractivity (Wildman–Crippen MR) is 211 cm³/mol. The molecule has 0 bridgehead atoms. The third-order valence-corrected chi connectivity index (χ3v) is 10.3. The molecule has 3 rings (SSSR count). The highest BCUT2D eigenvalue weighted by Gasteiger charge is 2.70. The number of rotatable bonds is 10. The van der Waals surface area contributed by atoms with Gasteiger partial charge in [0.15, 0.2) is 18.3 Å². The van der Waals surface area contributed by atoms with E-state index in [0.29, 0.717) is 0 Å². The van der Waals surface area contributed by atoms with E-state index in [0.717, 1.165) is 20.8 Å². The van der Waals surface area contributed by atoms with Crippen molar-refractivity contribution >= 4 is 35.8 Å². The van der Waals surface area contributed by atoms with Gasteiger partial charge in [-0.2, -0.15) is 0 Å². The summed E-state index contributed by atoms with van der Waals surface area (Å²) < 4.78 is 43.0. The Hall–Kier alpha value is -4.56. The Balaban J connectivity index is 2.59. The summed E-state index contributed by atoms with van der Waals surface area (Å²) in [6, 6.07) is 8.12. The normalized spacial score (nSPS) is 31.7. The van der Waals surface area contributed by atoms with E-state index in [1.807, 2.05) is 13.8 Å². The summed E-state index contributed by atoms with van der Waals surface area (Å²) in [5.41, 5.74) is -6.27. The van der Waals surface area contributed by atoms with Crippen LogP contribution in [0, 0.1) is 28.6 Å². The minimum Gasteiger partial charge on any atom is -0.458 e. The molecule has 0 spiro atoms. The number of benzene rings is 1. The van der Waals surface area contributed by atoms with Crippen molar-refractivity contribution in [3.63, 3.8) is 0 Å². The Morgan fingerprint density at radius 3 is 1.84 bits per heavy atom. The molecule has 0 unspecified atom stereocenters. The number of aliphatic hydroxyl groups is 1. The van der Waals surface area contributed by atoms with Gasteiger partial charge in [-0.1, -0.05) is 71.5 Å². The molecule has 14 heteroatoms. The summed E-state index contributed by atoms with van der Waals surface area (Å²) in [5.74, 6) is -7.16. The zero-order valence-corrected chi connectivity index (χ0v) is 36.1. The van der Waals surface area contributed by atoms with E-state index in [9.17, 15) is 33.9 Å². The first kappa shape index (κ1) is 47.8. The molecular weight excluding hydrogens is 752 g/mol. The minimum absolute atomic E-state index is 0.00459. The van der Waals surface area contributed by atoms with Gasteiger partial charge in [-0.3, -0.25) is 24.0 Å². The molecule has 14 nitrogen and oxygen atoms in total. The maximum atomic E-state index is 14.0. The van der Waals surface area contributed by atoms with Crippen LogP contribution in [0.4, 0.5) is 0 Å². The standard InChI is InChI=1S/C44H62O14/c1-24(2)22-52-33-26(4)34(53-27(5)45)35(56-40(50)41(9,10)11)38(55-29(7)47)42(12,13)21-20-25(3)36(57-39(49)31-18-16-15-17-19-31)44(51)23-43(14,58-30(8)48)37(32(33)44)54-28(6)46/h15-21,24-25,32-38,51H,4,22-23H2,1-3,5-14H3/b21-20+/t25-,32-,33-,34-,35+,36-,37+,38+,43+,44+/m0/s1. The molecular formula is C44H62O14. The van der Waals surface area contributed by atoms with Crippen LogP contribution < -0.4 is 0 Å². The zero-order chi connectivity index (χ0) is 44.1. The average molecular weight is 815 g/mol. The van der Waals surface area contributed by atoms with Crippen LogP contribution in [0.5, 0.6) is 0 Å². The molecule has 0 saturated heterocycles. The number of ether oxygens (including phenoxy) is 7. The van der Waals surface area contributed by atoms with Gasteiger partial charge in [0, 0.05) is 52.1 Å². The lowest BCUT2D eigenvalue weighted by Crippen LogP contribution is -2.60. The van der Waals surface area contributed by atoms with Gasteiger partial charge in [0.1, 0.15) is 23.4 Å². The Morgan fingerprint density at radius 1 is 0.793 bits per heavy atom. The average Bonchev–Trinajstić information content (AvgIpc) is 3.30. The van der Waals surface area contributed by atoms with Crippen molar-refractivity contribution in [3.05, 3.63) is 60.2 Å². The molecule has 2 aliphatic rings. The maximum Gasteiger partial charge on any atom is 0.338 e. The van der Waals surface area contributed by atoms with Crippen LogP contribution in [0.3, 0.4) is 0 Å². The molecule has 1 N–H and O–H groups in total. The molecule has 0 heterocycles. The molecule has 0 aromatic heterocycles. The van der Waals surface area contributed by atoms with Crippen molar-refractivity contribution < 1.29 is 67.0 Å². The van der Waals surface area contributed by atoms with Crippen molar-refractivity contribution in [1.82, 2.24) is 0 Å². The van der Waals surface area contributed by atoms with Gasteiger partial charge in [0.05, 0.1) is 23.0 Å². The summed E-state index contributed by atoms with van der Waals surface area (Å²) in [5, 5.41) is 13.5. The zero-order valence-electron chi connectivity index (χ0n) is 36.1. The number of fused-ring (bicyclic) bond motifs is 1. The maximum absolute atomic E-state index is 14.0. The third-order valence-electron chi connectivity index (χ3n) is 10.3. The number of carbonyl (C=O) groups is 6. The fourth-order valence-electron chi connectivity index (χ4n) is 7.79. The van der Waals surface area contributed by atoms with E-state index in [1.54, 1.807) is 84.0 Å².